The summed E-state index contributed by atoms with van der Waals surface area (Å²) in [5.74, 6) is -0.272. The molecule has 1 heterocycles. The molecule has 1 aromatic heterocycles. The van der Waals surface area contributed by atoms with Crippen molar-refractivity contribution < 1.29 is 9.90 Å². The second-order valence-electron chi connectivity index (χ2n) is 5.04. The predicted molar refractivity (Wildman–Crippen MR) is 77.9 cm³/mol. The summed E-state index contributed by atoms with van der Waals surface area (Å²) in [6, 6.07) is 10.0. The molecule has 0 saturated carbocycles. The predicted octanol–water partition coefficient (Wildman–Crippen LogP) is 2.06. The third-order valence-electron chi connectivity index (χ3n) is 3.99. The average Bonchev–Trinajstić information content (AvgIpc) is 2.97. The lowest BCUT2D eigenvalue weighted by molar-refractivity contribution is -0.148. The number of carboxylic acids is 1. The fourth-order valence-electron chi connectivity index (χ4n) is 2.54. The van der Waals surface area contributed by atoms with Crippen molar-refractivity contribution in [2.75, 3.05) is 0 Å². The number of nitrogens with zero attached hydrogens (tertiary/aromatic N) is 4. The van der Waals surface area contributed by atoms with Gasteiger partial charge in [-0.05, 0) is 35.3 Å². The zero-order valence-corrected chi connectivity index (χ0v) is 12.4. The first-order chi connectivity index (χ1) is 10.1. The van der Waals surface area contributed by atoms with Gasteiger partial charge < -0.3 is 5.11 Å². The highest BCUT2D eigenvalue weighted by Gasteiger charge is 2.40. The third-order valence-corrected chi connectivity index (χ3v) is 3.99. The molecule has 0 aliphatic heterocycles. The van der Waals surface area contributed by atoms with Crippen LogP contribution in [0, 0.1) is 0 Å². The summed E-state index contributed by atoms with van der Waals surface area (Å²) in [6.07, 6.45) is 2.29. The molecule has 2 rings (SSSR count). The molecular formula is C15H20N4O2. The number of aliphatic carboxylic acids is 1. The first kappa shape index (κ1) is 15.2. The van der Waals surface area contributed by atoms with Gasteiger partial charge in [0, 0.05) is 6.42 Å². The lowest BCUT2D eigenvalue weighted by atomic mass is 9.93. The maximum Gasteiger partial charge on any atom is 0.331 e. The molecule has 0 fully saturated rings. The number of aryl methyl sites for hydroxylation is 2. The van der Waals surface area contributed by atoms with E-state index in [4.69, 9.17) is 0 Å². The number of hydrogen-bond acceptors (Lipinski definition) is 4. The highest BCUT2D eigenvalue weighted by molar-refractivity contribution is 5.76. The molecule has 0 aliphatic carbocycles. The van der Waals surface area contributed by atoms with Gasteiger partial charge in [0.15, 0.2) is 11.4 Å². The summed E-state index contributed by atoms with van der Waals surface area (Å²) in [4.78, 5) is 11.7. The van der Waals surface area contributed by atoms with Gasteiger partial charge in [-0.15, -0.1) is 5.10 Å². The number of benzene rings is 1. The second kappa shape index (κ2) is 6.47. The first-order valence-corrected chi connectivity index (χ1v) is 7.19. The Kier molecular flexibility index (Phi) is 4.67. The van der Waals surface area contributed by atoms with Gasteiger partial charge in [-0.2, -0.15) is 0 Å². The van der Waals surface area contributed by atoms with Crippen LogP contribution in [0.4, 0.5) is 0 Å². The molecule has 0 aliphatic rings. The molecule has 1 aromatic carbocycles. The quantitative estimate of drug-likeness (QED) is 0.843. The summed E-state index contributed by atoms with van der Waals surface area (Å²) in [7, 11) is 0. The van der Waals surface area contributed by atoms with Gasteiger partial charge in [-0.1, -0.05) is 44.2 Å². The molecule has 6 heteroatoms. The van der Waals surface area contributed by atoms with Crippen molar-refractivity contribution in [2.24, 2.45) is 0 Å². The Balaban J connectivity index is 2.23. The minimum atomic E-state index is -1.06. The molecule has 0 radical (unpaired) electrons. The monoisotopic (exact) mass is 288 g/mol. The molecule has 6 nitrogen and oxygen atoms in total. The lowest BCUT2D eigenvalue weighted by Gasteiger charge is -2.27. The molecule has 1 N–H and O–H groups in total. The van der Waals surface area contributed by atoms with Gasteiger partial charge in [0.05, 0.1) is 0 Å². The standard InChI is InChI=1S/C15H20N4O2/c1-3-15(4-2,14(20)21)19-13(16-17-18-19)11-10-12-8-6-5-7-9-12/h5-9H,3-4,10-11H2,1-2H3,(H,20,21). The van der Waals surface area contributed by atoms with E-state index in [-0.39, 0.29) is 0 Å². The zero-order chi connectivity index (χ0) is 15.3. The topological polar surface area (TPSA) is 80.9 Å². The van der Waals surface area contributed by atoms with Crippen LogP contribution in [0.5, 0.6) is 0 Å². The van der Waals surface area contributed by atoms with Crippen LogP contribution in [0.3, 0.4) is 0 Å². The number of tetrazole rings is 1. The first-order valence-electron chi connectivity index (χ1n) is 7.19. The summed E-state index contributed by atoms with van der Waals surface area (Å²) in [6.45, 7) is 3.69. The maximum atomic E-state index is 11.7. The van der Waals surface area contributed by atoms with E-state index in [1.165, 1.54) is 10.2 Å². The van der Waals surface area contributed by atoms with Crippen molar-refractivity contribution in [1.29, 1.82) is 0 Å². The summed E-state index contributed by atoms with van der Waals surface area (Å²) in [5.41, 5.74) is 0.121. The van der Waals surface area contributed by atoms with Gasteiger partial charge >= 0.3 is 5.97 Å². The smallest absolute Gasteiger partial charge is 0.331 e. The van der Waals surface area contributed by atoms with Crippen LogP contribution in [0.1, 0.15) is 38.1 Å². The molecule has 0 amide bonds. The number of rotatable bonds is 7. The van der Waals surface area contributed by atoms with Crippen LogP contribution >= 0.6 is 0 Å². The minimum Gasteiger partial charge on any atom is -0.479 e. The van der Waals surface area contributed by atoms with E-state index < -0.39 is 11.5 Å². The molecule has 0 saturated heterocycles. The van der Waals surface area contributed by atoms with E-state index >= 15 is 0 Å². The number of carboxylic acid groups (broad SMARTS) is 1. The van der Waals surface area contributed by atoms with Crippen LogP contribution in [0.2, 0.25) is 0 Å². The van der Waals surface area contributed by atoms with Gasteiger partial charge in [-0.3, -0.25) is 0 Å². The molecular weight excluding hydrogens is 268 g/mol. The zero-order valence-electron chi connectivity index (χ0n) is 12.4. The van der Waals surface area contributed by atoms with Gasteiger partial charge in [0.2, 0.25) is 0 Å². The Morgan fingerprint density at radius 3 is 2.43 bits per heavy atom. The molecule has 2 aromatic rings. The highest BCUT2D eigenvalue weighted by Crippen LogP contribution is 2.26. The molecule has 112 valence electrons. The van der Waals surface area contributed by atoms with Gasteiger partial charge in [0.25, 0.3) is 0 Å². The fraction of sp³-hybridized carbons (Fsp3) is 0.467. The van der Waals surface area contributed by atoms with E-state index in [1.54, 1.807) is 0 Å². The van der Waals surface area contributed by atoms with Crippen LogP contribution in [-0.2, 0) is 23.2 Å². The van der Waals surface area contributed by atoms with Crippen molar-refractivity contribution >= 4 is 5.97 Å². The molecule has 0 spiro atoms. The molecule has 0 atom stereocenters. The molecule has 0 unspecified atom stereocenters. The van der Waals surface area contributed by atoms with Crippen molar-refractivity contribution in [3.05, 3.63) is 41.7 Å². The van der Waals surface area contributed by atoms with Crippen LogP contribution < -0.4 is 0 Å². The Morgan fingerprint density at radius 2 is 1.86 bits per heavy atom. The maximum absolute atomic E-state index is 11.7. The second-order valence-corrected chi connectivity index (χ2v) is 5.04. The minimum absolute atomic E-state index is 0.447. The lowest BCUT2D eigenvalue weighted by Crippen LogP contribution is -2.42. The average molecular weight is 288 g/mol. The van der Waals surface area contributed by atoms with Crippen molar-refractivity contribution in [3.63, 3.8) is 0 Å². The normalized spacial score (nSPS) is 11.5. The summed E-state index contributed by atoms with van der Waals surface area (Å²) in [5, 5.41) is 21.2. The Morgan fingerprint density at radius 1 is 1.19 bits per heavy atom. The number of hydrogen-bond donors (Lipinski definition) is 1. The summed E-state index contributed by atoms with van der Waals surface area (Å²) >= 11 is 0. The van der Waals surface area contributed by atoms with E-state index in [2.05, 4.69) is 15.5 Å². The van der Waals surface area contributed by atoms with Gasteiger partial charge in [-0.25, -0.2) is 9.48 Å². The van der Waals surface area contributed by atoms with Crippen molar-refractivity contribution in [3.8, 4) is 0 Å². The largest absolute Gasteiger partial charge is 0.479 e. The van der Waals surface area contributed by atoms with Crippen LogP contribution in [0.15, 0.2) is 30.3 Å². The van der Waals surface area contributed by atoms with Gasteiger partial charge in [0.1, 0.15) is 0 Å². The number of aromatic nitrogens is 4. The Hall–Kier alpha value is -2.24. The Bertz CT molecular complexity index is 591. The molecule has 21 heavy (non-hydrogen) atoms. The summed E-state index contributed by atoms with van der Waals surface area (Å²) < 4.78 is 1.48. The van der Waals surface area contributed by atoms with Crippen LogP contribution in [-0.4, -0.2) is 31.3 Å². The van der Waals surface area contributed by atoms with Crippen molar-refractivity contribution in [2.45, 2.75) is 45.1 Å². The fourth-order valence-corrected chi connectivity index (χ4v) is 2.54. The third kappa shape index (κ3) is 2.94. The molecule has 0 bridgehead atoms. The number of carbonyl (C=O) groups is 1. The van der Waals surface area contributed by atoms with Crippen molar-refractivity contribution in [1.82, 2.24) is 20.2 Å². The van der Waals surface area contributed by atoms with E-state index in [1.807, 2.05) is 44.2 Å². The van der Waals surface area contributed by atoms with E-state index in [0.717, 1.165) is 6.42 Å². The van der Waals surface area contributed by atoms with E-state index in [9.17, 15) is 9.90 Å². The highest BCUT2D eigenvalue weighted by atomic mass is 16.4. The Labute approximate surface area is 123 Å². The van der Waals surface area contributed by atoms with Crippen LogP contribution in [0.25, 0.3) is 0 Å². The SMILES string of the molecule is CCC(CC)(C(=O)O)n1nnnc1CCc1ccccc1. The van der Waals surface area contributed by atoms with E-state index in [0.29, 0.717) is 25.1 Å².